The van der Waals surface area contributed by atoms with Gasteiger partial charge >= 0.3 is 11.9 Å². The third kappa shape index (κ3) is 3.37. The number of aromatic nitrogens is 2. The van der Waals surface area contributed by atoms with Crippen molar-refractivity contribution >= 4 is 23.5 Å². The molecule has 0 aliphatic rings. The molecule has 0 aliphatic carbocycles. The molecule has 138 valence electrons. The lowest BCUT2D eigenvalue weighted by Crippen LogP contribution is -2.15. The summed E-state index contributed by atoms with van der Waals surface area (Å²) in [7, 11) is 2.42. The minimum atomic E-state index is -0.753. The zero-order chi connectivity index (χ0) is 19.6. The number of phenolic OH excluding ortho intramolecular Hbond substituents is 1. The van der Waals surface area contributed by atoms with Crippen LogP contribution in [-0.4, -0.2) is 41.0 Å². The first-order chi connectivity index (χ1) is 13.0. The molecule has 0 spiro atoms. The van der Waals surface area contributed by atoms with Crippen LogP contribution < -0.4 is 0 Å². The lowest BCUT2D eigenvalue weighted by molar-refractivity contribution is 0.0549. The highest BCUT2D eigenvalue weighted by atomic mass is 35.5. The number of ether oxygens (including phenoxy) is 2. The third-order valence-electron chi connectivity index (χ3n) is 3.88. The number of nitrogens with zero attached hydrogens (tertiary/aromatic N) is 2. The van der Waals surface area contributed by atoms with E-state index in [2.05, 4.69) is 5.10 Å². The molecular weight excluding hydrogens is 372 g/mol. The SMILES string of the molecule is COC(=O)c1c(-c2ccc(O)c(Cl)c2)nn(-c2ccccc2)c1C(=O)OC. The summed E-state index contributed by atoms with van der Waals surface area (Å²) < 4.78 is 11.0. The summed E-state index contributed by atoms with van der Waals surface area (Å²) in [5, 5.41) is 14.2. The molecule has 0 fully saturated rings. The average Bonchev–Trinajstić information content (AvgIpc) is 3.10. The molecule has 0 radical (unpaired) electrons. The second kappa shape index (κ2) is 7.51. The smallest absolute Gasteiger partial charge is 0.357 e. The van der Waals surface area contributed by atoms with E-state index in [4.69, 9.17) is 21.1 Å². The van der Waals surface area contributed by atoms with E-state index in [1.54, 1.807) is 24.3 Å². The van der Waals surface area contributed by atoms with Crippen LogP contribution in [0.2, 0.25) is 5.02 Å². The molecule has 2 aromatic carbocycles. The first-order valence-electron chi connectivity index (χ1n) is 7.82. The van der Waals surface area contributed by atoms with Gasteiger partial charge in [0.05, 0.1) is 24.9 Å². The summed E-state index contributed by atoms with van der Waals surface area (Å²) >= 11 is 5.99. The summed E-state index contributed by atoms with van der Waals surface area (Å²) in [5.74, 6) is -1.62. The largest absolute Gasteiger partial charge is 0.506 e. The minimum Gasteiger partial charge on any atom is -0.506 e. The molecule has 0 saturated carbocycles. The fourth-order valence-corrected chi connectivity index (χ4v) is 2.79. The molecule has 0 amide bonds. The van der Waals surface area contributed by atoms with Crippen molar-refractivity contribution in [2.75, 3.05) is 14.2 Å². The monoisotopic (exact) mass is 386 g/mol. The second-order valence-corrected chi connectivity index (χ2v) is 5.88. The van der Waals surface area contributed by atoms with E-state index in [1.165, 1.54) is 37.1 Å². The van der Waals surface area contributed by atoms with Crippen LogP contribution in [0.25, 0.3) is 16.9 Å². The van der Waals surface area contributed by atoms with Crippen molar-refractivity contribution in [1.82, 2.24) is 9.78 Å². The van der Waals surface area contributed by atoms with E-state index in [9.17, 15) is 14.7 Å². The standard InChI is InChI=1S/C19H15ClN2O5/c1-26-18(24)15-16(11-8-9-14(23)13(20)10-11)21-22(17(15)19(25)27-2)12-6-4-3-5-7-12/h3-10,23H,1-2H3. The molecule has 1 aromatic heterocycles. The van der Waals surface area contributed by atoms with Gasteiger partial charge in [0.25, 0.3) is 0 Å². The Kier molecular flexibility index (Phi) is 5.14. The minimum absolute atomic E-state index is 0.0602. The Hall–Kier alpha value is -3.32. The van der Waals surface area contributed by atoms with Gasteiger partial charge in [0.1, 0.15) is 17.0 Å². The Labute approximate surface area is 159 Å². The molecule has 0 saturated heterocycles. The summed E-state index contributed by atoms with van der Waals surface area (Å²) in [6.45, 7) is 0. The molecule has 0 aliphatic heterocycles. The zero-order valence-corrected chi connectivity index (χ0v) is 15.2. The van der Waals surface area contributed by atoms with E-state index < -0.39 is 11.9 Å². The maximum Gasteiger partial charge on any atom is 0.357 e. The molecule has 1 N–H and O–H groups in total. The summed E-state index contributed by atoms with van der Waals surface area (Å²) in [6.07, 6.45) is 0. The van der Waals surface area contributed by atoms with Gasteiger partial charge < -0.3 is 14.6 Å². The second-order valence-electron chi connectivity index (χ2n) is 5.47. The average molecular weight is 387 g/mol. The van der Waals surface area contributed by atoms with E-state index in [0.717, 1.165) is 0 Å². The van der Waals surface area contributed by atoms with Crippen molar-refractivity contribution in [1.29, 1.82) is 0 Å². The zero-order valence-electron chi connectivity index (χ0n) is 14.5. The van der Waals surface area contributed by atoms with Crippen LogP contribution in [0, 0.1) is 0 Å². The number of para-hydroxylation sites is 1. The maximum atomic E-state index is 12.5. The number of hydrogen-bond donors (Lipinski definition) is 1. The van der Waals surface area contributed by atoms with E-state index >= 15 is 0 Å². The first-order valence-corrected chi connectivity index (χ1v) is 8.19. The van der Waals surface area contributed by atoms with Gasteiger partial charge in [0.2, 0.25) is 0 Å². The van der Waals surface area contributed by atoms with Gasteiger partial charge in [-0.2, -0.15) is 5.10 Å². The number of esters is 2. The van der Waals surface area contributed by atoms with Crippen LogP contribution in [0.1, 0.15) is 20.8 Å². The molecule has 3 rings (SSSR count). The van der Waals surface area contributed by atoms with Gasteiger partial charge in [0.15, 0.2) is 5.69 Å². The predicted octanol–water partition coefficient (Wildman–Crippen LogP) is 3.47. The van der Waals surface area contributed by atoms with Crippen molar-refractivity contribution < 1.29 is 24.2 Å². The molecule has 1 heterocycles. The summed E-state index contributed by atoms with van der Waals surface area (Å²) in [4.78, 5) is 24.9. The fourth-order valence-electron chi connectivity index (χ4n) is 2.61. The molecule has 27 heavy (non-hydrogen) atoms. The molecular formula is C19H15ClN2O5. The van der Waals surface area contributed by atoms with Crippen LogP contribution in [0.4, 0.5) is 0 Å². The first kappa shape index (κ1) is 18.5. The highest BCUT2D eigenvalue weighted by Crippen LogP contribution is 2.33. The third-order valence-corrected chi connectivity index (χ3v) is 4.18. The van der Waals surface area contributed by atoms with Gasteiger partial charge in [-0.25, -0.2) is 14.3 Å². The predicted molar refractivity (Wildman–Crippen MR) is 98.4 cm³/mol. The van der Waals surface area contributed by atoms with Crippen molar-refractivity contribution in [2.24, 2.45) is 0 Å². The van der Waals surface area contributed by atoms with Crippen molar-refractivity contribution in [3.05, 3.63) is 64.8 Å². The van der Waals surface area contributed by atoms with E-state index in [1.807, 2.05) is 6.07 Å². The van der Waals surface area contributed by atoms with Crippen LogP contribution in [0.3, 0.4) is 0 Å². The molecule has 7 nitrogen and oxygen atoms in total. The molecule has 0 atom stereocenters. The Morgan fingerprint density at radius 2 is 1.70 bits per heavy atom. The van der Waals surface area contributed by atoms with Crippen LogP contribution in [0.15, 0.2) is 48.5 Å². The number of hydrogen-bond acceptors (Lipinski definition) is 6. The number of methoxy groups -OCH3 is 2. The maximum absolute atomic E-state index is 12.5. The number of aromatic hydroxyl groups is 1. The van der Waals surface area contributed by atoms with Gasteiger partial charge in [-0.1, -0.05) is 29.8 Å². The van der Waals surface area contributed by atoms with Crippen LogP contribution >= 0.6 is 11.6 Å². The normalized spacial score (nSPS) is 10.5. The molecule has 0 unspecified atom stereocenters. The number of halogens is 1. The number of carbonyl (C=O) groups excluding carboxylic acids is 2. The van der Waals surface area contributed by atoms with Crippen molar-refractivity contribution in [2.45, 2.75) is 0 Å². The number of benzene rings is 2. The number of rotatable bonds is 4. The van der Waals surface area contributed by atoms with Crippen LogP contribution in [-0.2, 0) is 9.47 Å². The lowest BCUT2D eigenvalue weighted by atomic mass is 10.1. The van der Waals surface area contributed by atoms with Gasteiger partial charge in [-0.05, 0) is 30.3 Å². The highest BCUT2D eigenvalue weighted by molar-refractivity contribution is 6.32. The Morgan fingerprint density at radius 1 is 1.04 bits per heavy atom. The van der Waals surface area contributed by atoms with E-state index in [-0.39, 0.29) is 27.7 Å². The fraction of sp³-hybridized carbons (Fsp3) is 0.105. The molecule has 8 heteroatoms. The van der Waals surface area contributed by atoms with Gasteiger partial charge in [-0.3, -0.25) is 0 Å². The quantitative estimate of drug-likeness (QED) is 0.690. The number of carbonyl (C=O) groups is 2. The Bertz CT molecular complexity index is 1010. The molecule has 3 aromatic rings. The van der Waals surface area contributed by atoms with Crippen molar-refractivity contribution in [3.8, 4) is 22.7 Å². The van der Waals surface area contributed by atoms with Crippen LogP contribution in [0.5, 0.6) is 5.75 Å². The number of phenols is 1. The lowest BCUT2D eigenvalue weighted by Gasteiger charge is -2.07. The highest BCUT2D eigenvalue weighted by Gasteiger charge is 2.31. The van der Waals surface area contributed by atoms with E-state index in [0.29, 0.717) is 11.3 Å². The summed E-state index contributed by atoms with van der Waals surface area (Å²) in [6, 6.07) is 13.2. The van der Waals surface area contributed by atoms with Crippen molar-refractivity contribution in [3.63, 3.8) is 0 Å². The summed E-state index contributed by atoms with van der Waals surface area (Å²) in [5.41, 5.74) is 1.02. The van der Waals surface area contributed by atoms with Gasteiger partial charge in [0, 0.05) is 5.56 Å². The topological polar surface area (TPSA) is 90.6 Å². The Balaban J connectivity index is 2.36. The Morgan fingerprint density at radius 3 is 2.30 bits per heavy atom. The molecule has 0 bridgehead atoms. The van der Waals surface area contributed by atoms with Gasteiger partial charge in [-0.15, -0.1) is 0 Å².